The summed E-state index contributed by atoms with van der Waals surface area (Å²) in [6.45, 7) is 5.45. The zero-order valence-corrected chi connectivity index (χ0v) is 12.8. The van der Waals surface area contributed by atoms with E-state index in [9.17, 15) is 13.2 Å². The van der Waals surface area contributed by atoms with Crippen LogP contribution >= 0.6 is 0 Å². The molecule has 21 heavy (non-hydrogen) atoms. The Balaban J connectivity index is 2.96. The van der Waals surface area contributed by atoms with E-state index >= 15 is 0 Å². The molecule has 0 aliphatic heterocycles. The van der Waals surface area contributed by atoms with E-state index in [1.807, 2.05) is 13.8 Å². The largest absolute Gasteiger partial charge is 0.416 e. The number of hydrogen-bond donors (Lipinski definition) is 1. The monoisotopic (exact) mass is 303 g/mol. The second-order valence-electron chi connectivity index (χ2n) is 5.31. The summed E-state index contributed by atoms with van der Waals surface area (Å²) in [6.07, 6.45) is -2.57. The van der Waals surface area contributed by atoms with Crippen LogP contribution in [0.1, 0.15) is 43.9 Å². The van der Waals surface area contributed by atoms with Crippen LogP contribution in [0.25, 0.3) is 0 Å². The Morgan fingerprint density at radius 3 is 2.57 bits per heavy atom. The Kier molecular flexibility index (Phi) is 7.18. The van der Waals surface area contributed by atoms with Crippen molar-refractivity contribution < 1.29 is 17.9 Å². The maximum absolute atomic E-state index is 12.8. The lowest BCUT2D eigenvalue weighted by molar-refractivity contribution is -0.137. The van der Waals surface area contributed by atoms with Gasteiger partial charge in [0.2, 0.25) is 0 Å². The van der Waals surface area contributed by atoms with Crippen LogP contribution in [0.4, 0.5) is 13.2 Å². The molecule has 2 nitrogen and oxygen atoms in total. The molecule has 1 N–H and O–H groups in total. The maximum Gasteiger partial charge on any atom is 0.416 e. The first-order valence-electron chi connectivity index (χ1n) is 7.29. The molecule has 0 aliphatic carbocycles. The lowest BCUT2D eigenvalue weighted by atomic mass is 9.91. The van der Waals surface area contributed by atoms with Crippen molar-refractivity contribution in [3.63, 3.8) is 0 Å². The molecular formula is C16H24F3NO. The smallest absolute Gasteiger partial charge is 0.385 e. The standard InChI is InChI=1S/C16H24F3NO/c1-4-9-20-15(12(2)8-10-21-3)13-6-5-7-14(11-13)16(17,18)19/h5-7,11-12,15,20H,4,8-10H2,1-3H3. The predicted molar refractivity (Wildman–Crippen MR) is 78.1 cm³/mol. The molecule has 120 valence electrons. The van der Waals surface area contributed by atoms with Crippen molar-refractivity contribution in [3.05, 3.63) is 35.4 Å². The molecule has 1 rings (SSSR count). The van der Waals surface area contributed by atoms with Gasteiger partial charge in [0.15, 0.2) is 0 Å². The van der Waals surface area contributed by atoms with Crippen LogP contribution < -0.4 is 5.32 Å². The van der Waals surface area contributed by atoms with Crippen LogP contribution in [-0.2, 0) is 10.9 Å². The third kappa shape index (κ3) is 5.67. The van der Waals surface area contributed by atoms with Crippen molar-refractivity contribution in [1.82, 2.24) is 5.32 Å². The van der Waals surface area contributed by atoms with E-state index in [-0.39, 0.29) is 12.0 Å². The summed E-state index contributed by atoms with van der Waals surface area (Å²) in [4.78, 5) is 0. The highest BCUT2D eigenvalue weighted by Crippen LogP contribution is 2.32. The Morgan fingerprint density at radius 1 is 1.29 bits per heavy atom. The molecule has 0 spiro atoms. The van der Waals surface area contributed by atoms with Gasteiger partial charge in [0.05, 0.1) is 5.56 Å². The van der Waals surface area contributed by atoms with E-state index < -0.39 is 11.7 Å². The molecule has 0 aromatic heterocycles. The lowest BCUT2D eigenvalue weighted by Crippen LogP contribution is -2.28. The Morgan fingerprint density at radius 2 is 2.00 bits per heavy atom. The first-order valence-corrected chi connectivity index (χ1v) is 7.29. The van der Waals surface area contributed by atoms with E-state index in [2.05, 4.69) is 5.32 Å². The molecule has 1 aromatic carbocycles. The van der Waals surface area contributed by atoms with Crippen LogP contribution in [0.5, 0.6) is 0 Å². The molecule has 0 radical (unpaired) electrons. The fourth-order valence-corrected chi connectivity index (χ4v) is 2.33. The van der Waals surface area contributed by atoms with Crippen molar-refractivity contribution in [2.24, 2.45) is 5.92 Å². The van der Waals surface area contributed by atoms with Crippen molar-refractivity contribution in [1.29, 1.82) is 0 Å². The number of hydrogen-bond acceptors (Lipinski definition) is 2. The third-order valence-corrected chi connectivity index (χ3v) is 3.53. The summed E-state index contributed by atoms with van der Waals surface area (Å²) in [7, 11) is 1.63. The van der Waals surface area contributed by atoms with Gasteiger partial charge < -0.3 is 10.1 Å². The molecule has 0 saturated heterocycles. The summed E-state index contributed by atoms with van der Waals surface area (Å²) in [5.74, 6) is 0.194. The summed E-state index contributed by atoms with van der Waals surface area (Å²) in [5, 5.41) is 3.35. The van der Waals surface area contributed by atoms with Crippen molar-refractivity contribution in [3.8, 4) is 0 Å². The van der Waals surface area contributed by atoms with Gasteiger partial charge in [-0.15, -0.1) is 0 Å². The summed E-state index contributed by atoms with van der Waals surface area (Å²) >= 11 is 0. The number of nitrogens with one attached hydrogen (secondary N) is 1. The van der Waals surface area contributed by atoms with Gasteiger partial charge in [-0.3, -0.25) is 0 Å². The highest BCUT2D eigenvalue weighted by molar-refractivity contribution is 5.28. The minimum Gasteiger partial charge on any atom is -0.385 e. The van der Waals surface area contributed by atoms with Crippen molar-refractivity contribution >= 4 is 0 Å². The fourth-order valence-electron chi connectivity index (χ4n) is 2.33. The zero-order valence-electron chi connectivity index (χ0n) is 12.8. The molecule has 0 heterocycles. The van der Waals surface area contributed by atoms with Crippen molar-refractivity contribution in [2.45, 2.75) is 38.9 Å². The van der Waals surface area contributed by atoms with Crippen LogP contribution in [0.3, 0.4) is 0 Å². The van der Waals surface area contributed by atoms with E-state index in [1.54, 1.807) is 13.2 Å². The highest BCUT2D eigenvalue weighted by Gasteiger charge is 2.31. The Bertz CT molecular complexity index is 420. The lowest BCUT2D eigenvalue weighted by Gasteiger charge is -2.26. The molecule has 5 heteroatoms. The second kappa shape index (κ2) is 8.39. The van der Waals surface area contributed by atoms with Gasteiger partial charge in [-0.25, -0.2) is 0 Å². The second-order valence-corrected chi connectivity index (χ2v) is 5.31. The number of methoxy groups -OCH3 is 1. The molecule has 0 bridgehead atoms. The van der Waals surface area contributed by atoms with Crippen molar-refractivity contribution in [2.75, 3.05) is 20.3 Å². The first-order chi connectivity index (χ1) is 9.90. The number of ether oxygens (including phenoxy) is 1. The average molecular weight is 303 g/mol. The molecule has 0 saturated carbocycles. The average Bonchev–Trinajstić information content (AvgIpc) is 2.45. The zero-order chi connectivity index (χ0) is 15.9. The minimum absolute atomic E-state index is 0.0950. The summed E-state index contributed by atoms with van der Waals surface area (Å²) in [5.41, 5.74) is 0.0871. The van der Waals surface area contributed by atoms with Crippen LogP contribution in [0.2, 0.25) is 0 Å². The minimum atomic E-state index is -4.30. The van der Waals surface area contributed by atoms with Crippen LogP contribution in [0, 0.1) is 5.92 Å². The summed E-state index contributed by atoms with van der Waals surface area (Å²) < 4.78 is 43.6. The number of alkyl halides is 3. The quantitative estimate of drug-likeness (QED) is 0.767. The first kappa shape index (κ1) is 18.0. The maximum atomic E-state index is 12.8. The molecule has 0 amide bonds. The van der Waals surface area contributed by atoms with E-state index in [0.29, 0.717) is 12.2 Å². The topological polar surface area (TPSA) is 21.3 Å². The molecule has 1 aromatic rings. The third-order valence-electron chi connectivity index (χ3n) is 3.53. The van der Waals surface area contributed by atoms with Gasteiger partial charge in [-0.1, -0.05) is 26.0 Å². The highest BCUT2D eigenvalue weighted by atomic mass is 19.4. The van der Waals surface area contributed by atoms with Crippen LogP contribution in [-0.4, -0.2) is 20.3 Å². The van der Waals surface area contributed by atoms with E-state index in [1.165, 1.54) is 12.1 Å². The number of halogens is 3. The predicted octanol–water partition coefficient (Wildman–Crippen LogP) is 4.42. The molecule has 2 unspecified atom stereocenters. The molecule has 0 fully saturated rings. The Hall–Kier alpha value is -1.07. The number of benzene rings is 1. The molecule has 0 aliphatic rings. The number of rotatable bonds is 8. The van der Waals surface area contributed by atoms with E-state index in [0.717, 1.165) is 25.5 Å². The SMILES string of the molecule is CCCNC(c1cccc(C(F)(F)F)c1)C(C)CCOC. The van der Waals surface area contributed by atoms with Gasteiger partial charge in [-0.2, -0.15) is 13.2 Å². The van der Waals surface area contributed by atoms with E-state index in [4.69, 9.17) is 4.74 Å². The summed E-state index contributed by atoms with van der Waals surface area (Å²) in [6, 6.07) is 5.49. The van der Waals surface area contributed by atoms with Gasteiger partial charge in [0, 0.05) is 19.8 Å². The molecular weight excluding hydrogens is 279 g/mol. The fraction of sp³-hybridized carbons (Fsp3) is 0.625. The van der Waals surface area contributed by atoms with Gasteiger partial charge in [0.1, 0.15) is 0 Å². The Labute approximate surface area is 124 Å². The van der Waals surface area contributed by atoms with Gasteiger partial charge >= 0.3 is 6.18 Å². The normalized spacial score (nSPS) is 15.0. The van der Waals surface area contributed by atoms with Crippen LogP contribution in [0.15, 0.2) is 24.3 Å². The molecule has 2 atom stereocenters. The van der Waals surface area contributed by atoms with Gasteiger partial charge in [-0.05, 0) is 43.0 Å². The van der Waals surface area contributed by atoms with Gasteiger partial charge in [0.25, 0.3) is 0 Å².